The summed E-state index contributed by atoms with van der Waals surface area (Å²) in [5.41, 5.74) is 6.83. The lowest BCUT2D eigenvalue weighted by Gasteiger charge is -2.24. The highest BCUT2D eigenvalue weighted by atomic mass is 32.2. The third-order valence-electron chi connectivity index (χ3n) is 3.16. The van der Waals surface area contributed by atoms with Crippen LogP contribution in [0.1, 0.15) is 18.1 Å². The first-order valence-corrected chi connectivity index (χ1v) is 9.33. The van der Waals surface area contributed by atoms with Gasteiger partial charge < -0.3 is 5.73 Å². The zero-order chi connectivity index (χ0) is 15.5. The summed E-state index contributed by atoms with van der Waals surface area (Å²) in [4.78, 5) is 0.458. The van der Waals surface area contributed by atoms with Crippen LogP contribution in [0.3, 0.4) is 0 Å². The first-order valence-electron chi connectivity index (χ1n) is 6.09. The van der Waals surface area contributed by atoms with Gasteiger partial charge in [-0.15, -0.1) is 0 Å². The molecular formula is C13H20N2O2S3. The van der Waals surface area contributed by atoms with Crippen LogP contribution in [0.4, 0.5) is 0 Å². The number of rotatable bonds is 6. The normalized spacial score (nSPS) is 13.4. The first kappa shape index (κ1) is 17.4. The van der Waals surface area contributed by atoms with E-state index in [1.165, 1.54) is 4.31 Å². The minimum atomic E-state index is -3.54. The third kappa shape index (κ3) is 3.72. The molecular weight excluding hydrogens is 312 g/mol. The zero-order valence-electron chi connectivity index (χ0n) is 12.1. The van der Waals surface area contributed by atoms with E-state index in [0.29, 0.717) is 11.1 Å². The van der Waals surface area contributed by atoms with Gasteiger partial charge in [-0.2, -0.15) is 16.1 Å². The van der Waals surface area contributed by atoms with Crippen molar-refractivity contribution in [1.82, 2.24) is 4.31 Å². The lowest BCUT2D eigenvalue weighted by Crippen LogP contribution is -2.37. The molecule has 0 bridgehead atoms. The molecule has 0 aliphatic rings. The van der Waals surface area contributed by atoms with Gasteiger partial charge in [-0.3, -0.25) is 0 Å². The fourth-order valence-corrected chi connectivity index (χ4v) is 4.31. The molecule has 112 valence electrons. The summed E-state index contributed by atoms with van der Waals surface area (Å²) in [6.45, 7) is 3.66. The highest BCUT2D eigenvalue weighted by Gasteiger charge is 2.27. The van der Waals surface area contributed by atoms with E-state index < -0.39 is 10.0 Å². The first-order chi connectivity index (χ1) is 9.21. The van der Waals surface area contributed by atoms with Crippen LogP contribution >= 0.6 is 24.0 Å². The van der Waals surface area contributed by atoms with Gasteiger partial charge in [0.05, 0.1) is 4.90 Å². The monoisotopic (exact) mass is 332 g/mol. The number of benzene rings is 1. The van der Waals surface area contributed by atoms with E-state index in [0.717, 1.165) is 5.75 Å². The highest BCUT2D eigenvalue weighted by Crippen LogP contribution is 2.22. The van der Waals surface area contributed by atoms with Gasteiger partial charge in [0.25, 0.3) is 0 Å². The van der Waals surface area contributed by atoms with Crippen LogP contribution < -0.4 is 5.73 Å². The van der Waals surface area contributed by atoms with Crippen LogP contribution in [0.2, 0.25) is 0 Å². The van der Waals surface area contributed by atoms with Gasteiger partial charge in [0.1, 0.15) is 4.99 Å². The molecule has 1 unspecified atom stereocenters. The quantitative estimate of drug-likeness (QED) is 0.807. The fourth-order valence-electron chi connectivity index (χ4n) is 1.77. The molecule has 2 N–H and O–H groups in total. The van der Waals surface area contributed by atoms with E-state index in [-0.39, 0.29) is 15.9 Å². The lowest BCUT2D eigenvalue weighted by atomic mass is 10.1. The van der Waals surface area contributed by atoms with Crippen LogP contribution in [0, 0.1) is 6.92 Å². The molecule has 1 aromatic carbocycles. The van der Waals surface area contributed by atoms with Gasteiger partial charge >= 0.3 is 0 Å². The Balaban J connectivity index is 3.27. The number of hydrogen-bond donors (Lipinski definition) is 1. The van der Waals surface area contributed by atoms with Crippen molar-refractivity contribution in [3.8, 4) is 0 Å². The number of nitrogens with two attached hydrogens (primary N) is 1. The van der Waals surface area contributed by atoms with E-state index in [9.17, 15) is 8.42 Å². The summed E-state index contributed by atoms with van der Waals surface area (Å²) in [5, 5.41) is 0. The van der Waals surface area contributed by atoms with Crippen molar-refractivity contribution in [1.29, 1.82) is 0 Å². The number of thiocarbonyl (C=S) groups is 1. The molecule has 20 heavy (non-hydrogen) atoms. The minimum absolute atomic E-state index is 0.0807. The number of aryl methyl sites for hydroxylation is 1. The number of hydrogen-bond acceptors (Lipinski definition) is 4. The molecule has 0 saturated heterocycles. The summed E-state index contributed by atoms with van der Waals surface area (Å²) in [7, 11) is -1.94. The van der Waals surface area contributed by atoms with Gasteiger partial charge in [-0.25, -0.2) is 8.42 Å². The van der Waals surface area contributed by atoms with Gasteiger partial charge in [-0.05, 0) is 31.7 Å². The summed E-state index contributed by atoms with van der Waals surface area (Å²) in [6.07, 6.45) is 1.95. The summed E-state index contributed by atoms with van der Waals surface area (Å²) in [5.74, 6) is 0.740. The highest BCUT2D eigenvalue weighted by molar-refractivity contribution is 7.98. The molecule has 0 saturated carbocycles. The van der Waals surface area contributed by atoms with E-state index in [1.807, 2.05) is 13.2 Å². The van der Waals surface area contributed by atoms with E-state index in [4.69, 9.17) is 18.0 Å². The van der Waals surface area contributed by atoms with E-state index in [2.05, 4.69) is 0 Å². The summed E-state index contributed by atoms with van der Waals surface area (Å²) in [6, 6.07) is 4.94. The second kappa shape index (κ2) is 6.89. The molecule has 1 atom stereocenters. The molecule has 1 rings (SSSR count). The molecule has 0 amide bonds. The maximum Gasteiger partial charge on any atom is 0.243 e. The maximum absolute atomic E-state index is 12.7. The third-order valence-corrected chi connectivity index (χ3v) is 6.32. The Kier molecular flexibility index (Phi) is 6.00. The Morgan fingerprint density at radius 1 is 1.50 bits per heavy atom. The van der Waals surface area contributed by atoms with Crippen molar-refractivity contribution in [3.63, 3.8) is 0 Å². The standard InChI is InChI=1S/C13H20N2O2S3/c1-9-5-6-11(13(14)18)7-12(9)20(16,17)15(3)10(2)8-19-4/h5-7,10H,8H2,1-4H3,(H2,14,18). The van der Waals surface area contributed by atoms with Crippen LogP contribution in [0.5, 0.6) is 0 Å². The van der Waals surface area contributed by atoms with Crippen molar-refractivity contribution in [3.05, 3.63) is 29.3 Å². The number of nitrogens with zero attached hydrogens (tertiary/aromatic N) is 1. The number of thioether (sulfide) groups is 1. The minimum Gasteiger partial charge on any atom is -0.389 e. The molecule has 0 aliphatic heterocycles. The summed E-state index contributed by atoms with van der Waals surface area (Å²) >= 11 is 6.53. The lowest BCUT2D eigenvalue weighted by molar-refractivity contribution is 0.415. The van der Waals surface area contributed by atoms with Crippen LogP contribution in [0.25, 0.3) is 0 Å². The largest absolute Gasteiger partial charge is 0.389 e. The van der Waals surface area contributed by atoms with Crippen molar-refractivity contribution in [2.45, 2.75) is 24.8 Å². The SMILES string of the molecule is CSCC(C)N(C)S(=O)(=O)c1cc(C(N)=S)ccc1C. The van der Waals surface area contributed by atoms with Crippen LogP contribution in [-0.4, -0.2) is 42.8 Å². The molecule has 0 fully saturated rings. The average Bonchev–Trinajstić information content (AvgIpc) is 2.37. The fraction of sp³-hybridized carbons (Fsp3) is 0.462. The Labute approximate surface area is 130 Å². The van der Waals surface area contributed by atoms with Crippen LogP contribution in [-0.2, 0) is 10.0 Å². The predicted molar refractivity (Wildman–Crippen MR) is 89.9 cm³/mol. The van der Waals surface area contributed by atoms with Crippen molar-refractivity contribution in [2.24, 2.45) is 5.73 Å². The van der Waals surface area contributed by atoms with Gasteiger partial charge in [0, 0.05) is 24.4 Å². The maximum atomic E-state index is 12.7. The Bertz CT molecular complexity index is 600. The van der Waals surface area contributed by atoms with E-state index in [1.54, 1.807) is 43.9 Å². The molecule has 7 heteroatoms. The van der Waals surface area contributed by atoms with Crippen molar-refractivity contribution in [2.75, 3.05) is 19.1 Å². The second-order valence-electron chi connectivity index (χ2n) is 4.67. The van der Waals surface area contributed by atoms with Gasteiger partial charge in [0.15, 0.2) is 0 Å². The topological polar surface area (TPSA) is 63.4 Å². The predicted octanol–water partition coefficient (Wildman–Crippen LogP) is 2.00. The Morgan fingerprint density at radius 3 is 2.60 bits per heavy atom. The number of sulfonamides is 1. The van der Waals surface area contributed by atoms with Crippen molar-refractivity contribution >= 4 is 39.0 Å². The van der Waals surface area contributed by atoms with Gasteiger partial charge in [0.2, 0.25) is 10.0 Å². The van der Waals surface area contributed by atoms with Crippen LogP contribution in [0.15, 0.2) is 23.1 Å². The molecule has 0 aromatic heterocycles. The molecule has 4 nitrogen and oxygen atoms in total. The molecule has 0 radical (unpaired) electrons. The average molecular weight is 333 g/mol. The second-order valence-corrected chi connectivity index (χ2v) is 7.99. The van der Waals surface area contributed by atoms with Crippen molar-refractivity contribution < 1.29 is 8.42 Å². The molecule has 0 spiro atoms. The van der Waals surface area contributed by atoms with E-state index >= 15 is 0 Å². The van der Waals surface area contributed by atoms with Gasteiger partial charge in [-0.1, -0.05) is 24.4 Å². The zero-order valence-corrected chi connectivity index (χ0v) is 14.5. The molecule has 1 aromatic rings. The Morgan fingerprint density at radius 2 is 2.10 bits per heavy atom. The smallest absolute Gasteiger partial charge is 0.243 e. The molecule has 0 aliphatic carbocycles. The summed E-state index contributed by atoms with van der Waals surface area (Å²) < 4.78 is 26.8. The molecule has 0 heterocycles. The Hall–Kier alpha value is -0.630.